The molecule has 0 aliphatic carbocycles. The van der Waals surface area contributed by atoms with Gasteiger partial charge in [0.05, 0.1) is 40.6 Å². The van der Waals surface area contributed by atoms with E-state index >= 15 is 0 Å². The number of nitrogens with zero attached hydrogens (tertiary/aromatic N) is 5. The summed E-state index contributed by atoms with van der Waals surface area (Å²) in [6.07, 6.45) is 0. The van der Waals surface area contributed by atoms with E-state index in [0.29, 0.717) is 5.71 Å². The van der Waals surface area contributed by atoms with Crippen molar-refractivity contribution >= 4 is 11.7 Å². The van der Waals surface area contributed by atoms with Crippen molar-refractivity contribution in [1.29, 1.82) is 0 Å². The van der Waals surface area contributed by atoms with E-state index < -0.39 is 5.97 Å². The Hall–Kier alpha value is -5.50. The van der Waals surface area contributed by atoms with Gasteiger partial charge in [-0.2, -0.15) is 19.9 Å². The minimum absolute atomic E-state index is 0. The van der Waals surface area contributed by atoms with E-state index in [0.717, 1.165) is 11.1 Å². The molecule has 0 N–H and O–H groups in total. The Morgan fingerprint density at radius 2 is 0.957 bits per heavy atom. The van der Waals surface area contributed by atoms with E-state index in [1.54, 1.807) is 6.07 Å². The van der Waals surface area contributed by atoms with Crippen molar-refractivity contribution in [1.82, 2.24) is 19.9 Å². The number of aromatic nitrogens is 4. The van der Waals surface area contributed by atoms with Crippen LogP contribution in [0.2, 0.25) is 0 Å². The molecular formula is C32H27AuN5O8. The Labute approximate surface area is 279 Å². The van der Waals surface area contributed by atoms with Crippen LogP contribution in [0.1, 0.15) is 21.5 Å². The normalized spacial score (nSPS) is 10.1. The number of carbonyl (C=O) groups is 1. The Kier molecular flexibility index (Phi) is 11.6. The summed E-state index contributed by atoms with van der Waals surface area (Å²) in [5.74, 6) is -0.293. The maximum Gasteiger partial charge on any atom is 0.373 e. The first-order valence-corrected chi connectivity index (χ1v) is 13.3. The molecule has 0 saturated heterocycles. The third kappa shape index (κ3) is 8.15. The molecule has 0 saturated carbocycles. The molecule has 2 aromatic heterocycles. The quantitative estimate of drug-likeness (QED) is 0.0680. The molecule has 5 aromatic rings. The number of benzene rings is 3. The van der Waals surface area contributed by atoms with Crippen molar-refractivity contribution in [2.75, 3.05) is 28.4 Å². The smallest absolute Gasteiger partial charge is 0.373 e. The first-order valence-electron chi connectivity index (χ1n) is 13.3. The maximum absolute atomic E-state index is 13.9. The predicted octanol–water partition coefficient (Wildman–Crippen LogP) is 5.49. The zero-order chi connectivity index (χ0) is 31.6. The number of ether oxygens (including phenoxy) is 6. The van der Waals surface area contributed by atoms with Crippen LogP contribution < -0.4 is 28.4 Å². The summed E-state index contributed by atoms with van der Waals surface area (Å²) < 4.78 is 32.8. The summed E-state index contributed by atoms with van der Waals surface area (Å²) in [6.45, 7) is 0. The van der Waals surface area contributed by atoms with E-state index in [4.69, 9.17) is 33.3 Å². The molecule has 2 heterocycles. The van der Waals surface area contributed by atoms with Gasteiger partial charge in [0.15, 0.2) is 0 Å². The van der Waals surface area contributed by atoms with Crippen molar-refractivity contribution in [3.05, 3.63) is 108 Å². The molecule has 0 atom stereocenters. The molecule has 46 heavy (non-hydrogen) atoms. The van der Waals surface area contributed by atoms with Crippen molar-refractivity contribution < 1.29 is 60.4 Å². The minimum atomic E-state index is -0.922. The van der Waals surface area contributed by atoms with Crippen molar-refractivity contribution in [3.63, 3.8) is 0 Å². The predicted molar refractivity (Wildman–Crippen MR) is 161 cm³/mol. The van der Waals surface area contributed by atoms with Gasteiger partial charge >= 0.3 is 18.0 Å². The molecule has 5 rings (SSSR count). The van der Waals surface area contributed by atoms with E-state index in [1.165, 1.54) is 52.7 Å². The van der Waals surface area contributed by atoms with Crippen molar-refractivity contribution in [2.24, 2.45) is 5.16 Å². The molecule has 3 aromatic carbocycles. The molecule has 239 valence electrons. The number of oxime groups is 1. The summed E-state index contributed by atoms with van der Waals surface area (Å²) >= 11 is 0. The summed E-state index contributed by atoms with van der Waals surface area (Å²) in [5, 5.41) is 4.26. The molecule has 0 aliphatic heterocycles. The van der Waals surface area contributed by atoms with Crippen molar-refractivity contribution in [2.45, 2.75) is 0 Å². The standard InChI is InChI=1S/C32H27N5O8.Au/c1-39-24-18-25(40-2)34-31(33-24)43-22-16-11-17-23(44-32-35-26(41-3)19-27(36-32)42-4)28(22)30(38)45-37-29(20-12-7-5-8-13-20)21-14-9-6-10-15-21;/h5-19H,1-4H3;. The molecule has 0 spiro atoms. The monoisotopic (exact) mass is 806 g/mol. The third-order valence-corrected chi connectivity index (χ3v) is 6.06. The van der Waals surface area contributed by atoms with Gasteiger partial charge in [0.1, 0.15) is 22.8 Å². The van der Waals surface area contributed by atoms with Gasteiger partial charge in [-0.15, -0.1) is 0 Å². The molecule has 0 unspecified atom stereocenters. The van der Waals surface area contributed by atoms with Crippen LogP contribution in [0.5, 0.6) is 47.0 Å². The third-order valence-electron chi connectivity index (χ3n) is 6.06. The van der Waals surface area contributed by atoms with Gasteiger partial charge in [0, 0.05) is 33.5 Å². The van der Waals surface area contributed by atoms with E-state index in [1.807, 2.05) is 60.7 Å². The Bertz CT molecular complexity index is 1650. The van der Waals surface area contributed by atoms with Gasteiger partial charge in [-0.3, -0.25) is 0 Å². The van der Waals surface area contributed by atoms with E-state index in [2.05, 4.69) is 25.1 Å². The van der Waals surface area contributed by atoms with Gasteiger partial charge in [0.2, 0.25) is 23.5 Å². The maximum atomic E-state index is 13.9. The zero-order valence-corrected chi connectivity index (χ0v) is 27.1. The second-order valence-corrected chi connectivity index (χ2v) is 8.85. The number of rotatable bonds is 12. The van der Waals surface area contributed by atoms with Gasteiger partial charge < -0.3 is 33.3 Å². The minimum Gasteiger partial charge on any atom is -0.481 e. The second-order valence-electron chi connectivity index (χ2n) is 8.85. The van der Waals surface area contributed by atoms with Gasteiger partial charge in [-0.1, -0.05) is 71.9 Å². The molecule has 1 radical (unpaired) electrons. The van der Waals surface area contributed by atoms with Crippen LogP contribution in [0.25, 0.3) is 0 Å². The van der Waals surface area contributed by atoms with Crippen molar-refractivity contribution in [3.8, 4) is 47.0 Å². The first kappa shape index (κ1) is 33.4. The molecule has 0 aliphatic rings. The Morgan fingerprint density at radius 3 is 1.33 bits per heavy atom. The number of methoxy groups -OCH3 is 4. The largest absolute Gasteiger partial charge is 0.481 e. The fourth-order valence-electron chi connectivity index (χ4n) is 3.95. The molecule has 14 heteroatoms. The first-order chi connectivity index (χ1) is 22.0. The van der Waals surface area contributed by atoms with Gasteiger partial charge in [-0.25, -0.2) is 4.79 Å². The van der Waals surface area contributed by atoms with Crippen LogP contribution in [-0.2, 0) is 27.2 Å². The van der Waals surface area contributed by atoms with E-state index in [9.17, 15) is 4.79 Å². The summed E-state index contributed by atoms with van der Waals surface area (Å²) in [7, 11) is 5.72. The topological polar surface area (TPSA) is 146 Å². The van der Waals surface area contributed by atoms with Crippen LogP contribution in [-0.4, -0.2) is 60.1 Å². The number of hydrogen-bond donors (Lipinski definition) is 0. The van der Waals surface area contributed by atoms with Crippen LogP contribution in [0.15, 0.2) is 96.2 Å². The van der Waals surface area contributed by atoms with Crippen LogP contribution in [0.3, 0.4) is 0 Å². The van der Waals surface area contributed by atoms with Crippen LogP contribution >= 0.6 is 0 Å². The fraction of sp³-hybridized carbons (Fsp3) is 0.125. The Morgan fingerprint density at radius 1 is 0.565 bits per heavy atom. The molecular weight excluding hydrogens is 779 g/mol. The van der Waals surface area contributed by atoms with Crippen LogP contribution in [0.4, 0.5) is 0 Å². The molecule has 0 fully saturated rings. The second kappa shape index (κ2) is 16.0. The SMILES string of the molecule is COc1cc(OC)nc(Oc2cccc(Oc3nc(OC)cc(OC)n3)c2C(=O)ON=C(c2ccccc2)c2ccccc2)n1.[Au]. The average molecular weight is 807 g/mol. The summed E-state index contributed by atoms with van der Waals surface area (Å²) in [5.41, 5.74) is 1.71. The van der Waals surface area contributed by atoms with Crippen LogP contribution in [0, 0.1) is 0 Å². The zero-order valence-electron chi connectivity index (χ0n) is 25.0. The fourth-order valence-corrected chi connectivity index (χ4v) is 3.95. The Balaban J connectivity index is 0.00000480. The summed E-state index contributed by atoms with van der Waals surface area (Å²) in [6, 6.07) is 25.8. The average Bonchev–Trinajstić information content (AvgIpc) is 3.08. The number of hydrogen-bond acceptors (Lipinski definition) is 13. The molecule has 0 bridgehead atoms. The van der Waals surface area contributed by atoms with Gasteiger partial charge in [0.25, 0.3) is 0 Å². The summed E-state index contributed by atoms with van der Waals surface area (Å²) in [4.78, 5) is 36.2. The molecule has 13 nitrogen and oxygen atoms in total. The van der Waals surface area contributed by atoms with Gasteiger partial charge in [-0.05, 0) is 12.1 Å². The number of carbonyl (C=O) groups excluding carboxylic acids is 1. The molecule has 0 amide bonds. The van der Waals surface area contributed by atoms with E-state index in [-0.39, 0.29) is 75.0 Å².